The normalized spacial score (nSPS) is 10.1. The minimum Gasteiger partial charge on any atom is -0.385 e. The van der Waals surface area contributed by atoms with E-state index in [0.717, 1.165) is 13.0 Å². The molecule has 1 aromatic rings. The number of nitrogens with zero attached hydrogens (tertiary/aromatic N) is 2. The highest BCUT2D eigenvalue weighted by Crippen LogP contribution is 2.20. The lowest BCUT2D eigenvalue weighted by Gasteiger charge is -2.01. The maximum Gasteiger partial charge on any atom is 0.199 e. The van der Waals surface area contributed by atoms with E-state index in [4.69, 9.17) is 16.3 Å². The molecule has 0 fully saturated rings. The van der Waals surface area contributed by atoms with Crippen molar-refractivity contribution in [2.24, 2.45) is 0 Å². The molecule has 0 aliphatic rings. The van der Waals surface area contributed by atoms with Crippen LogP contribution in [-0.2, 0) is 4.74 Å². The number of rotatable bonds is 6. The second-order valence-corrected chi connectivity index (χ2v) is 3.10. The summed E-state index contributed by atoms with van der Waals surface area (Å²) in [4.78, 5) is 0. The Morgan fingerprint density at radius 2 is 2.43 bits per heavy atom. The Bertz CT molecular complexity index is 301. The minimum atomic E-state index is 0.306. The van der Waals surface area contributed by atoms with Gasteiger partial charge in [-0.2, -0.15) is 0 Å². The van der Waals surface area contributed by atoms with Gasteiger partial charge in [0.25, 0.3) is 0 Å². The van der Waals surface area contributed by atoms with Crippen molar-refractivity contribution < 1.29 is 9.37 Å². The first-order valence-corrected chi connectivity index (χ1v) is 4.53. The number of methoxy groups -OCH3 is 1. The molecule has 78 valence electrons. The Labute approximate surface area is 87.0 Å². The SMILES string of the molecule is C=C(Cl)c1nonc1NCCCOC. The predicted octanol–water partition coefficient (Wildman–Crippen LogP) is 1.73. The lowest BCUT2D eigenvalue weighted by atomic mass is 10.4. The Hall–Kier alpha value is -1.07. The first kappa shape index (κ1) is 11.0. The van der Waals surface area contributed by atoms with Crippen molar-refractivity contribution in [1.82, 2.24) is 10.3 Å². The van der Waals surface area contributed by atoms with Gasteiger partial charge in [-0.05, 0) is 16.7 Å². The molecule has 0 aliphatic carbocycles. The third-order valence-electron chi connectivity index (χ3n) is 1.56. The summed E-state index contributed by atoms with van der Waals surface area (Å²) < 4.78 is 9.42. The van der Waals surface area contributed by atoms with Crippen LogP contribution in [0.25, 0.3) is 5.03 Å². The van der Waals surface area contributed by atoms with Crippen LogP contribution < -0.4 is 5.32 Å². The quantitative estimate of drug-likeness (QED) is 0.736. The number of hydrogen-bond donors (Lipinski definition) is 1. The van der Waals surface area contributed by atoms with E-state index in [9.17, 15) is 0 Å². The van der Waals surface area contributed by atoms with Crippen LogP contribution in [0.4, 0.5) is 5.82 Å². The van der Waals surface area contributed by atoms with Gasteiger partial charge in [-0.15, -0.1) is 0 Å². The van der Waals surface area contributed by atoms with Crippen molar-refractivity contribution in [2.75, 3.05) is 25.6 Å². The van der Waals surface area contributed by atoms with Gasteiger partial charge < -0.3 is 10.1 Å². The molecule has 0 saturated carbocycles. The molecular formula is C8H12ClN3O2. The first-order valence-electron chi connectivity index (χ1n) is 4.16. The van der Waals surface area contributed by atoms with E-state index in [2.05, 4.69) is 26.8 Å². The van der Waals surface area contributed by atoms with Gasteiger partial charge in [-0.1, -0.05) is 18.2 Å². The van der Waals surface area contributed by atoms with Gasteiger partial charge in [0.15, 0.2) is 11.5 Å². The van der Waals surface area contributed by atoms with Crippen LogP contribution in [0.5, 0.6) is 0 Å². The zero-order chi connectivity index (χ0) is 10.4. The zero-order valence-electron chi connectivity index (χ0n) is 7.92. The van der Waals surface area contributed by atoms with Gasteiger partial charge in [-0.3, -0.25) is 0 Å². The van der Waals surface area contributed by atoms with Crippen LogP contribution in [-0.4, -0.2) is 30.6 Å². The summed E-state index contributed by atoms with van der Waals surface area (Å²) in [6, 6.07) is 0. The monoisotopic (exact) mass is 217 g/mol. The molecule has 0 bridgehead atoms. The van der Waals surface area contributed by atoms with Crippen molar-refractivity contribution in [3.63, 3.8) is 0 Å². The van der Waals surface area contributed by atoms with Crippen LogP contribution in [0.2, 0.25) is 0 Å². The maximum atomic E-state index is 5.67. The number of anilines is 1. The minimum absolute atomic E-state index is 0.306. The molecule has 14 heavy (non-hydrogen) atoms. The molecule has 0 unspecified atom stereocenters. The molecule has 1 rings (SSSR count). The zero-order valence-corrected chi connectivity index (χ0v) is 8.67. The van der Waals surface area contributed by atoms with Gasteiger partial charge >= 0.3 is 0 Å². The highest BCUT2D eigenvalue weighted by atomic mass is 35.5. The smallest absolute Gasteiger partial charge is 0.199 e. The van der Waals surface area contributed by atoms with Crippen molar-refractivity contribution in [1.29, 1.82) is 0 Å². The second-order valence-electron chi connectivity index (χ2n) is 2.64. The van der Waals surface area contributed by atoms with Crippen LogP contribution in [0, 0.1) is 0 Å². The molecule has 0 spiro atoms. The Balaban J connectivity index is 2.42. The number of ether oxygens (including phenoxy) is 1. The van der Waals surface area contributed by atoms with Gasteiger partial charge in [0.1, 0.15) is 0 Å². The van der Waals surface area contributed by atoms with Crippen LogP contribution >= 0.6 is 11.6 Å². The summed E-state index contributed by atoms with van der Waals surface area (Å²) in [5.41, 5.74) is 0.448. The molecule has 0 aromatic carbocycles. The van der Waals surface area contributed by atoms with E-state index < -0.39 is 0 Å². The van der Waals surface area contributed by atoms with Gasteiger partial charge in [0.05, 0.1) is 5.03 Å². The fourth-order valence-electron chi connectivity index (χ4n) is 0.906. The Kier molecular flexibility index (Phi) is 4.42. The average molecular weight is 218 g/mol. The number of halogens is 1. The molecule has 0 amide bonds. The largest absolute Gasteiger partial charge is 0.385 e. The molecule has 0 aliphatic heterocycles. The number of hydrogen-bond acceptors (Lipinski definition) is 5. The third-order valence-corrected chi connectivity index (χ3v) is 1.74. The van der Waals surface area contributed by atoms with Gasteiger partial charge in [0, 0.05) is 20.3 Å². The fraction of sp³-hybridized carbons (Fsp3) is 0.500. The van der Waals surface area contributed by atoms with Crippen molar-refractivity contribution in [3.8, 4) is 0 Å². The average Bonchev–Trinajstić information content (AvgIpc) is 2.60. The van der Waals surface area contributed by atoms with Gasteiger partial charge in [0.2, 0.25) is 0 Å². The molecule has 6 heteroatoms. The lowest BCUT2D eigenvalue weighted by molar-refractivity contribution is 0.197. The van der Waals surface area contributed by atoms with Crippen molar-refractivity contribution >= 4 is 22.5 Å². The predicted molar refractivity (Wildman–Crippen MR) is 54.2 cm³/mol. The maximum absolute atomic E-state index is 5.67. The molecule has 1 N–H and O–H groups in total. The summed E-state index contributed by atoms with van der Waals surface area (Å²) in [6.45, 7) is 4.95. The molecule has 5 nitrogen and oxygen atoms in total. The number of aromatic nitrogens is 2. The van der Waals surface area contributed by atoms with Crippen molar-refractivity contribution in [2.45, 2.75) is 6.42 Å². The standard InChI is InChI=1S/C8H12ClN3O2/c1-6(9)7-8(12-14-11-7)10-4-3-5-13-2/h1,3-5H2,2H3,(H,10,12). The first-order chi connectivity index (χ1) is 6.75. The van der Waals surface area contributed by atoms with Crippen LogP contribution in [0.15, 0.2) is 11.2 Å². The Morgan fingerprint density at radius 3 is 3.07 bits per heavy atom. The number of nitrogens with one attached hydrogen (secondary N) is 1. The molecule has 1 aromatic heterocycles. The van der Waals surface area contributed by atoms with E-state index in [1.807, 2.05) is 0 Å². The van der Waals surface area contributed by atoms with E-state index in [-0.39, 0.29) is 0 Å². The summed E-state index contributed by atoms with van der Waals surface area (Å²) in [5.74, 6) is 0.515. The summed E-state index contributed by atoms with van der Waals surface area (Å²) in [7, 11) is 1.66. The highest BCUT2D eigenvalue weighted by Gasteiger charge is 2.10. The topological polar surface area (TPSA) is 60.2 Å². The molecule has 0 atom stereocenters. The fourth-order valence-corrected chi connectivity index (χ4v) is 1.03. The molecule has 1 heterocycles. The Morgan fingerprint density at radius 1 is 1.64 bits per heavy atom. The lowest BCUT2D eigenvalue weighted by Crippen LogP contribution is -2.06. The molecule has 0 saturated heterocycles. The van der Waals surface area contributed by atoms with E-state index in [0.29, 0.717) is 23.2 Å². The molecular weight excluding hydrogens is 206 g/mol. The van der Waals surface area contributed by atoms with Crippen LogP contribution in [0.3, 0.4) is 0 Å². The van der Waals surface area contributed by atoms with E-state index >= 15 is 0 Å². The highest BCUT2D eigenvalue weighted by molar-refractivity contribution is 6.48. The van der Waals surface area contributed by atoms with Crippen molar-refractivity contribution in [3.05, 3.63) is 12.3 Å². The van der Waals surface area contributed by atoms with Crippen LogP contribution in [0.1, 0.15) is 12.1 Å². The third kappa shape index (κ3) is 3.01. The molecule has 0 radical (unpaired) electrons. The van der Waals surface area contributed by atoms with E-state index in [1.165, 1.54) is 0 Å². The van der Waals surface area contributed by atoms with Gasteiger partial charge in [-0.25, -0.2) is 4.63 Å². The summed E-state index contributed by atoms with van der Waals surface area (Å²) in [6.07, 6.45) is 0.873. The van der Waals surface area contributed by atoms with E-state index in [1.54, 1.807) is 7.11 Å². The summed E-state index contributed by atoms with van der Waals surface area (Å²) in [5, 5.41) is 10.6. The second kappa shape index (κ2) is 5.62. The summed E-state index contributed by atoms with van der Waals surface area (Å²) >= 11 is 5.67.